The molecule has 0 fully saturated rings. The minimum absolute atomic E-state index is 0.495. The highest BCUT2D eigenvalue weighted by atomic mass is 15.2. The third-order valence-corrected chi connectivity index (χ3v) is 15.7. The van der Waals surface area contributed by atoms with Crippen LogP contribution in [0.25, 0.3) is 144 Å². The SMILES string of the molecule is Cc1ccc2c(c1)c1cc(C)ccc1n2-c1nc(-n2c3ccccc3c3ccccc32)c(-n2c3ccccc3c3ccccc32)c(-c2nc(-c3ccccc3)nc(-c3ccccc3)n2)c1-n1c2ccccc2c2ccccc21. The highest BCUT2D eigenvalue weighted by Crippen LogP contribution is 2.49. The van der Waals surface area contributed by atoms with Gasteiger partial charge in [0.2, 0.25) is 0 Å². The first-order valence-electron chi connectivity index (χ1n) is 26.5. The van der Waals surface area contributed by atoms with Crippen molar-refractivity contribution in [2.75, 3.05) is 0 Å². The van der Waals surface area contributed by atoms with Crippen LogP contribution >= 0.6 is 0 Å². The number of hydrogen-bond donors (Lipinski definition) is 0. The summed E-state index contributed by atoms with van der Waals surface area (Å²) < 4.78 is 9.64. The van der Waals surface area contributed by atoms with Gasteiger partial charge in [-0.2, -0.15) is 0 Å². The molecular weight excluding hydrogens is 953 g/mol. The molecule has 0 aliphatic carbocycles. The Morgan fingerprint density at radius 2 is 0.526 bits per heavy atom. The van der Waals surface area contributed by atoms with Gasteiger partial charge in [-0.25, -0.2) is 19.9 Å². The summed E-state index contributed by atoms with van der Waals surface area (Å²) in [6.45, 7) is 4.35. The van der Waals surface area contributed by atoms with Crippen LogP contribution in [0.1, 0.15) is 11.1 Å². The minimum Gasteiger partial charge on any atom is -0.305 e. The maximum atomic E-state index is 6.40. The molecule has 0 unspecified atom stereocenters. The molecule has 10 aromatic carbocycles. The van der Waals surface area contributed by atoms with Crippen molar-refractivity contribution in [3.05, 3.63) is 254 Å². The largest absolute Gasteiger partial charge is 0.305 e. The lowest BCUT2D eigenvalue weighted by molar-refractivity contribution is 0.952. The molecule has 0 bridgehead atoms. The molecule has 6 aromatic heterocycles. The standard InChI is InChI=1S/C70H46N8/c1-43-37-39-61-53(41-43)54-42-44(2)38-40-62(54)78(61)70-65(76-57-33-17-11-27-49(57)50-28-12-18-34-58(50)76)63(68-72-66(45-21-5-3-6-22-45)71-67(73-68)46-23-7-4-8-24-46)64(75-55-31-15-9-25-47(55)48-26-10-16-32-56(48)75)69(74-70)77-59-35-19-13-29-51(59)52-30-14-20-36-60(52)77/h3-42H,1-2H3. The molecule has 0 amide bonds. The summed E-state index contributed by atoms with van der Waals surface area (Å²) in [6.07, 6.45) is 0. The average Bonchev–Trinajstić information content (AvgIpc) is 4.31. The molecule has 0 saturated carbocycles. The Morgan fingerprint density at radius 3 is 0.872 bits per heavy atom. The van der Waals surface area contributed by atoms with Crippen LogP contribution < -0.4 is 0 Å². The van der Waals surface area contributed by atoms with Gasteiger partial charge < -0.3 is 9.13 Å². The number of pyridine rings is 1. The van der Waals surface area contributed by atoms with Crippen molar-refractivity contribution in [3.8, 4) is 57.2 Å². The predicted molar refractivity (Wildman–Crippen MR) is 321 cm³/mol. The molecule has 0 N–H and O–H groups in total. The molecule has 16 aromatic rings. The van der Waals surface area contributed by atoms with Gasteiger partial charge in [-0.05, 0) is 74.5 Å². The van der Waals surface area contributed by atoms with E-state index in [2.05, 4.69) is 238 Å². The molecule has 0 aliphatic rings. The fourth-order valence-electron chi connectivity index (χ4n) is 12.4. The van der Waals surface area contributed by atoms with E-state index in [1.165, 1.54) is 11.1 Å². The highest BCUT2D eigenvalue weighted by molar-refractivity contribution is 6.15. The predicted octanol–water partition coefficient (Wildman–Crippen LogP) is 17.3. The van der Waals surface area contributed by atoms with E-state index >= 15 is 0 Å². The number of benzene rings is 10. The van der Waals surface area contributed by atoms with Crippen LogP contribution in [0.5, 0.6) is 0 Å². The summed E-state index contributed by atoms with van der Waals surface area (Å²) in [5.41, 5.74) is 14.7. The van der Waals surface area contributed by atoms with Crippen molar-refractivity contribution in [2.45, 2.75) is 13.8 Å². The van der Waals surface area contributed by atoms with Crippen LogP contribution in [0.15, 0.2) is 243 Å². The van der Waals surface area contributed by atoms with Crippen LogP contribution in [0, 0.1) is 13.8 Å². The molecule has 0 spiro atoms. The van der Waals surface area contributed by atoms with E-state index in [0.29, 0.717) is 29.1 Å². The molecule has 8 nitrogen and oxygen atoms in total. The van der Waals surface area contributed by atoms with Crippen LogP contribution in [-0.4, -0.2) is 38.2 Å². The van der Waals surface area contributed by atoms with Gasteiger partial charge in [0.05, 0.1) is 49.7 Å². The first-order valence-corrected chi connectivity index (χ1v) is 26.5. The number of aryl methyl sites for hydroxylation is 2. The molecule has 0 atom stereocenters. The molecule has 16 rings (SSSR count). The zero-order valence-electron chi connectivity index (χ0n) is 42.7. The fraction of sp³-hybridized carbons (Fsp3) is 0.0286. The van der Waals surface area contributed by atoms with Crippen LogP contribution in [0.4, 0.5) is 0 Å². The smallest absolute Gasteiger partial charge is 0.168 e. The van der Waals surface area contributed by atoms with Gasteiger partial charge in [-0.1, -0.05) is 193 Å². The van der Waals surface area contributed by atoms with Gasteiger partial charge in [0, 0.05) is 54.2 Å². The second kappa shape index (κ2) is 17.0. The quantitative estimate of drug-likeness (QED) is 0.159. The number of rotatable bonds is 7. The maximum Gasteiger partial charge on any atom is 0.168 e. The topological polar surface area (TPSA) is 71.3 Å². The van der Waals surface area contributed by atoms with Gasteiger partial charge in [0.1, 0.15) is 11.4 Å². The van der Waals surface area contributed by atoms with E-state index in [9.17, 15) is 0 Å². The van der Waals surface area contributed by atoms with E-state index in [0.717, 1.165) is 115 Å². The van der Waals surface area contributed by atoms with E-state index in [4.69, 9.17) is 19.9 Å². The van der Waals surface area contributed by atoms with E-state index in [-0.39, 0.29) is 0 Å². The van der Waals surface area contributed by atoms with Crippen molar-refractivity contribution in [1.82, 2.24) is 38.2 Å². The normalized spacial score (nSPS) is 12.0. The van der Waals surface area contributed by atoms with Crippen molar-refractivity contribution in [3.63, 3.8) is 0 Å². The zero-order valence-corrected chi connectivity index (χ0v) is 42.7. The van der Waals surface area contributed by atoms with Crippen LogP contribution in [-0.2, 0) is 0 Å². The number of hydrogen-bond acceptors (Lipinski definition) is 4. The summed E-state index contributed by atoms with van der Waals surface area (Å²) in [4.78, 5) is 23.3. The second-order valence-electron chi connectivity index (χ2n) is 20.4. The third kappa shape index (κ3) is 6.47. The maximum absolute atomic E-state index is 6.40. The first kappa shape index (κ1) is 43.9. The van der Waals surface area contributed by atoms with Gasteiger partial charge in [-0.3, -0.25) is 9.13 Å². The molecule has 366 valence electrons. The Labute approximate surface area is 448 Å². The number of para-hydroxylation sites is 6. The molecule has 8 heteroatoms. The van der Waals surface area contributed by atoms with E-state index < -0.39 is 0 Å². The van der Waals surface area contributed by atoms with Crippen molar-refractivity contribution in [1.29, 1.82) is 0 Å². The number of nitrogens with zero attached hydrogens (tertiary/aromatic N) is 8. The second-order valence-corrected chi connectivity index (χ2v) is 20.4. The summed E-state index contributed by atoms with van der Waals surface area (Å²) in [5.74, 6) is 3.04. The average molecular weight is 999 g/mol. The van der Waals surface area contributed by atoms with Crippen LogP contribution in [0.2, 0.25) is 0 Å². The summed E-state index contributed by atoms with van der Waals surface area (Å²) in [7, 11) is 0. The Balaban J connectivity index is 1.24. The summed E-state index contributed by atoms with van der Waals surface area (Å²) in [6, 6.07) is 86.6. The summed E-state index contributed by atoms with van der Waals surface area (Å²) >= 11 is 0. The Morgan fingerprint density at radius 1 is 0.244 bits per heavy atom. The number of aromatic nitrogens is 8. The first-order chi connectivity index (χ1) is 38.6. The van der Waals surface area contributed by atoms with E-state index in [1.807, 2.05) is 36.4 Å². The molecule has 0 saturated heterocycles. The third-order valence-electron chi connectivity index (χ3n) is 15.7. The molecule has 6 heterocycles. The van der Waals surface area contributed by atoms with E-state index in [1.54, 1.807) is 0 Å². The van der Waals surface area contributed by atoms with Gasteiger partial charge in [0.25, 0.3) is 0 Å². The van der Waals surface area contributed by atoms with Crippen LogP contribution in [0.3, 0.4) is 0 Å². The van der Waals surface area contributed by atoms with Crippen molar-refractivity contribution in [2.24, 2.45) is 0 Å². The van der Waals surface area contributed by atoms with Crippen molar-refractivity contribution < 1.29 is 0 Å². The Bertz CT molecular complexity index is 4840. The monoisotopic (exact) mass is 998 g/mol. The molecule has 0 radical (unpaired) electrons. The van der Waals surface area contributed by atoms with Gasteiger partial charge in [0.15, 0.2) is 29.1 Å². The lowest BCUT2D eigenvalue weighted by Gasteiger charge is -2.26. The zero-order chi connectivity index (χ0) is 51.6. The highest BCUT2D eigenvalue weighted by Gasteiger charge is 2.34. The summed E-state index contributed by atoms with van der Waals surface area (Å²) in [5, 5.41) is 9.02. The van der Waals surface area contributed by atoms with Gasteiger partial charge >= 0.3 is 0 Å². The molecule has 0 aliphatic heterocycles. The Kier molecular flexibility index (Phi) is 9.59. The lowest BCUT2D eigenvalue weighted by atomic mass is 10.1. The Hall–Kier alpha value is -10.4. The molecular formula is C70H46N8. The van der Waals surface area contributed by atoms with Gasteiger partial charge in [-0.15, -0.1) is 0 Å². The lowest BCUT2D eigenvalue weighted by Crippen LogP contribution is -2.17. The fourth-order valence-corrected chi connectivity index (χ4v) is 12.4. The van der Waals surface area contributed by atoms with Crippen molar-refractivity contribution >= 4 is 87.2 Å². The molecule has 78 heavy (non-hydrogen) atoms. The number of fused-ring (bicyclic) bond motifs is 12. The minimum atomic E-state index is 0.495.